The van der Waals surface area contributed by atoms with Gasteiger partial charge in [-0.05, 0) is 89.9 Å². The number of aliphatic hydroxyl groups is 1. The molecule has 8 nitrogen and oxygen atoms in total. The lowest BCUT2D eigenvalue weighted by atomic mass is 10.0. The van der Waals surface area contributed by atoms with Gasteiger partial charge in [0.1, 0.15) is 13.2 Å². The second-order valence-corrected chi connectivity index (χ2v) is 20.9. The van der Waals surface area contributed by atoms with E-state index in [1.807, 2.05) is 27.2 Å². The molecular formula is C60H105N2O6P. The quantitative estimate of drug-likeness (QED) is 0.0272. The van der Waals surface area contributed by atoms with Crippen LogP contribution in [-0.4, -0.2) is 68.5 Å². The summed E-state index contributed by atoms with van der Waals surface area (Å²) in [6.45, 7) is 4.44. The van der Waals surface area contributed by atoms with E-state index in [1.54, 1.807) is 6.08 Å². The van der Waals surface area contributed by atoms with Crippen LogP contribution >= 0.6 is 7.82 Å². The number of aliphatic hydroxyl groups excluding tert-OH is 1. The minimum absolute atomic E-state index is 0.0130. The first kappa shape index (κ1) is 66.2. The maximum atomic E-state index is 12.9. The number of nitrogens with one attached hydrogen (secondary N) is 1. The van der Waals surface area contributed by atoms with E-state index >= 15 is 0 Å². The molecule has 0 aromatic rings. The highest BCUT2D eigenvalue weighted by Gasteiger charge is 2.23. The Hall–Kier alpha value is -2.84. The van der Waals surface area contributed by atoms with E-state index in [2.05, 4.69) is 116 Å². The van der Waals surface area contributed by atoms with E-state index in [9.17, 15) is 19.4 Å². The summed E-state index contributed by atoms with van der Waals surface area (Å²) in [5.74, 6) is -0.216. The molecule has 2 N–H and O–H groups in total. The molecule has 0 aliphatic heterocycles. The maximum Gasteiger partial charge on any atom is 0.268 e. The molecule has 1 amide bonds. The first-order valence-corrected chi connectivity index (χ1v) is 29.2. The lowest BCUT2D eigenvalue weighted by Gasteiger charge is -2.29. The molecule has 0 aliphatic carbocycles. The van der Waals surface area contributed by atoms with Crippen LogP contribution in [0.1, 0.15) is 213 Å². The molecule has 0 radical (unpaired) electrons. The zero-order valence-corrected chi connectivity index (χ0v) is 45.9. The molecule has 0 rings (SSSR count). The van der Waals surface area contributed by atoms with Crippen LogP contribution in [-0.2, 0) is 18.4 Å². The van der Waals surface area contributed by atoms with Crippen molar-refractivity contribution in [2.75, 3.05) is 40.9 Å². The van der Waals surface area contributed by atoms with Crippen molar-refractivity contribution >= 4 is 13.7 Å². The number of carbonyl (C=O) groups excluding carboxylic acids is 1. The number of rotatable bonds is 49. The molecule has 0 spiro atoms. The number of allylic oxidation sites excluding steroid dienone is 17. The van der Waals surface area contributed by atoms with Gasteiger partial charge in [-0.1, -0.05) is 226 Å². The van der Waals surface area contributed by atoms with E-state index < -0.39 is 26.6 Å². The number of quaternary nitrogens is 1. The minimum Gasteiger partial charge on any atom is -0.756 e. The number of likely N-dealkylation sites (N-methyl/N-ethyl adjacent to an activating group) is 1. The fourth-order valence-electron chi connectivity index (χ4n) is 7.35. The third-order valence-electron chi connectivity index (χ3n) is 11.7. The Bertz CT molecular complexity index is 1490. The molecule has 0 aromatic heterocycles. The SMILES string of the molecule is CC/C=C\C/C=C\C/C=C\C/C=C\C/C=C\C/C=C\CCCCCCCCCCCCCCCCCCC(=O)NC(COP(=O)([O-])OCC[N+](C)(C)C)C(O)/C=C/CC/C=C/CC/C=C/CCCC. The van der Waals surface area contributed by atoms with Crippen LogP contribution in [0.2, 0.25) is 0 Å². The largest absolute Gasteiger partial charge is 0.756 e. The maximum absolute atomic E-state index is 12.9. The zero-order valence-electron chi connectivity index (χ0n) is 45.0. The third kappa shape index (κ3) is 52.8. The van der Waals surface area contributed by atoms with Gasteiger partial charge in [-0.25, -0.2) is 0 Å². The average Bonchev–Trinajstić information content (AvgIpc) is 3.31. The molecule has 9 heteroatoms. The predicted molar refractivity (Wildman–Crippen MR) is 297 cm³/mol. The molecule has 69 heavy (non-hydrogen) atoms. The standard InChI is InChI=1S/C60H105N2O6P/c1-6-8-10-12-14-16-18-20-21-22-23-24-25-26-27-28-29-30-31-32-33-34-35-36-37-38-39-40-41-42-44-46-48-50-52-54-60(64)61-58(57-68-69(65,66)67-56-55-62(3,4)5)59(63)53-51-49-47-45-43-19-17-15-13-11-9-7-2/h8,10,13-16,20-21,23-24,26-27,29-30,43,45,51,53,58-59,63H,6-7,9,11-12,17-19,22,25,28,31-42,44,46-50,52,54-57H2,1-5H3,(H-,61,64,65,66)/b10-8-,15-13+,16-14-,21-20-,24-23-,27-26-,30-29-,45-43+,53-51+. The van der Waals surface area contributed by atoms with E-state index in [0.717, 1.165) is 89.9 Å². The normalized spacial score (nSPS) is 14.8. The molecule has 0 aliphatic rings. The van der Waals surface area contributed by atoms with Gasteiger partial charge in [-0.15, -0.1) is 0 Å². The number of phosphoric ester groups is 1. The van der Waals surface area contributed by atoms with E-state index in [4.69, 9.17) is 9.05 Å². The summed E-state index contributed by atoms with van der Waals surface area (Å²) in [5.41, 5.74) is 0. The van der Waals surface area contributed by atoms with Gasteiger partial charge in [0.25, 0.3) is 7.82 Å². The fourth-order valence-corrected chi connectivity index (χ4v) is 8.07. The van der Waals surface area contributed by atoms with E-state index in [0.29, 0.717) is 17.4 Å². The van der Waals surface area contributed by atoms with Crippen molar-refractivity contribution in [1.82, 2.24) is 5.32 Å². The number of hydrogen-bond donors (Lipinski definition) is 2. The molecule has 3 atom stereocenters. The van der Waals surface area contributed by atoms with Crippen molar-refractivity contribution in [3.05, 3.63) is 109 Å². The Kier molecular flexibility index (Phi) is 48.1. The van der Waals surface area contributed by atoms with Gasteiger partial charge < -0.3 is 28.8 Å². The van der Waals surface area contributed by atoms with Crippen molar-refractivity contribution < 1.29 is 32.9 Å². The molecule has 3 unspecified atom stereocenters. The second kappa shape index (κ2) is 50.1. The van der Waals surface area contributed by atoms with Crippen LogP contribution in [0.4, 0.5) is 0 Å². The summed E-state index contributed by atoms with van der Waals surface area (Å²) in [5, 5.41) is 13.8. The number of phosphoric acid groups is 1. The van der Waals surface area contributed by atoms with Crippen molar-refractivity contribution in [1.29, 1.82) is 0 Å². The molecule has 0 saturated heterocycles. The van der Waals surface area contributed by atoms with Gasteiger partial charge in [0.05, 0.1) is 39.9 Å². The first-order chi connectivity index (χ1) is 33.5. The molecule has 0 fully saturated rings. The minimum atomic E-state index is -4.61. The van der Waals surface area contributed by atoms with Gasteiger partial charge in [-0.3, -0.25) is 9.36 Å². The van der Waals surface area contributed by atoms with Gasteiger partial charge in [0, 0.05) is 6.42 Å². The van der Waals surface area contributed by atoms with Gasteiger partial charge in [0.2, 0.25) is 5.91 Å². The number of amides is 1. The van der Waals surface area contributed by atoms with Gasteiger partial charge in [-0.2, -0.15) is 0 Å². The van der Waals surface area contributed by atoms with Crippen LogP contribution in [0.25, 0.3) is 0 Å². The smallest absolute Gasteiger partial charge is 0.268 e. The predicted octanol–water partition coefficient (Wildman–Crippen LogP) is 16.2. The summed E-state index contributed by atoms with van der Waals surface area (Å²) < 4.78 is 23.2. The van der Waals surface area contributed by atoms with Gasteiger partial charge >= 0.3 is 0 Å². The summed E-state index contributed by atoms with van der Waals surface area (Å²) in [4.78, 5) is 25.4. The Balaban J connectivity index is 4.06. The zero-order chi connectivity index (χ0) is 50.6. The average molecular weight is 981 g/mol. The number of carbonyl (C=O) groups is 1. The highest BCUT2D eigenvalue weighted by molar-refractivity contribution is 7.45. The Morgan fingerprint density at radius 1 is 0.522 bits per heavy atom. The topological polar surface area (TPSA) is 108 Å². The summed E-state index contributed by atoms with van der Waals surface area (Å²) in [6.07, 6.45) is 73.2. The summed E-state index contributed by atoms with van der Waals surface area (Å²) in [6, 6.07) is -0.914. The van der Waals surface area contributed by atoms with Crippen LogP contribution in [0.15, 0.2) is 109 Å². The Morgan fingerprint density at radius 2 is 0.899 bits per heavy atom. The van der Waals surface area contributed by atoms with Crippen LogP contribution < -0.4 is 10.2 Å². The lowest BCUT2D eigenvalue weighted by Crippen LogP contribution is -2.45. The van der Waals surface area contributed by atoms with Crippen LogP contribution in [0.3, 0.4) is 0 Å². The molecule has 0 bridgehead atoms. The summed E-state index contributed by atoms with van der Waals surface area (Å²) >= 11 is 0. The Morgan fingerprint density at radius 3 is 1.35 bits per heavy atom. The third-order valence-corrected chi connectivity index (χ3v) is 12.7. The summed E-state index contributed by atoms with van der Waals surface area (Å²) in [7, 11) is 1.22. The number of nitrogens with zero attached hydrogens (tertiary/aromatic N) is 1. The van der Waals surface area contributed by atoms with Crippen molar-refractivity contribution in [3.8, 4) is 0 Å². The first-order valence-electron chi connectivity index (χ1n) is 27.7. The highest BCUT2D eigenvalue weighted by Crippen LogP contribution is 2.38. The lowest BCUT2D eigenvalue weighted by molar-refractivity contribution is -0.870. The number of hydrogen-bond acceptors (Lipinski definition) is 6. The van der Waals surface area contributed by atoms with Crippen LogP contribution in [0.5, 0.6) is 0 Å². The number of unbranched alkanes of at least 4 members (excludes halogenated alkanes) is 20. The monoisotopic (exact) mass is 981 g/mol. The van der Waals surface area contributed by atoms with Crippen molar-refractivity contribution in [3.63, 3.8) is 0 Å². The molecular weight excluding hydrogens is 876 g/mol. The van der Waals surface area contributed by atoms with E-state index in [-0.39, 0.29) is 12.5 Å². The molecule has 0 saturated carbocycles. The second-order valence-electron chi connectivity index (χ2n) is 19.5. The van der Waals surface area contributed by atoms with E-state index in [1.165, 1.54) is 103 Å². The highest BCUT2D eigenvalue weighted by atomic mass is 31.2. The van der Waals surface area contributed by atoms with Crippen molar-refractivity contribution in [2.24, 2.45) is 0 Å². The molecule has 0 aromatic carbocycles. The molecule has 0 heterocycles. The van der Waals surface area contributed by atoms with Crippen LogP contribution in [0, 0.1) is 0 Å². The van der Waals surface area contributed by atoms with Gasteiger partial charge in [0.15, 0.2) is 0 Å². The van der Waals surface area contributed by atoms with Crippen molar-refractivity contribution in [2.45, 2.75) is 225 Å². The molecule has 396 valence electrons. The fraction of sp³-hybridized carbons (Fsp3) is 0.683. The Labute approximate surface area is 425 Å².